The van der Waals surface area contributed by atoms with Gasteiger partial charge in [0.1, 0.15) is 0 Å². The van der Waals surface area contributed by atoms with Gasteiger partial charge < -0.3 is 5.73 Å². The maximum Gasteiger partial charge on any atom is 0.234 e. The zero-order valence-electron chi connectivity index (χ0n) is 16.3. The lowest BCUT2D eigenvalue weighted by Crippen LogP contribution is -2.43. The van der Waals surface area contributed by atoms with Crippen LogP contribution < -0.4 is 11.1 Å². The van der Waals surface area contributed by atoms with Crippen molar-refractivity contribution in [2.24, 2.45) is 5.73 Å². The van der Waals surface area contributed by atoms with E-state index in [0.717, 1.165) is 24.0 Å². The van der Waals surface area contributed by atoms with Gasteiger partial charge in [0.05, 0.1) is 12.1 Å². The van der Waals surface area contributed by atoms with Crippen LogP contribution in [0.3, 0.4) is 0 Å². The molecule has 0 aromatic heterocycles. The summed E-state index contributed by atoms with van der Waals surface area (Å²) in [6, 6.07) is 28.3. The quantitative estimate of drug-likeness (QED) is 0.579. The topological polar surface area (TPSA) is 55.1 Å². The molecule has 1 amide bonds. The van der Waals surface area contributed by atoms with Gasteiger partial charge in [-0.2, -0.15) is 0 Å². The zero-order chi connectivity index (χ0) is 19.8. The van der Waals surface area contributed by atoms with Crippen LogP contribution in [0.15, 0.2) is 84.9 Å². The van der Waals surface area contributed by atoms with Gasteiger partial charge in [-0.25, -0.2) is 0 Å². The second kappa shape index (κ2) is 9.86. The van der Waals surface area contributed by atoms with Crippen LogP contribution in [-0.4, -0.2) is 11.9 Å². The minimum Gasteiger partial charge on any atom is -0.368 e. The van der Waals surface area contributed by atoms with Gasteiger partial charge in [-0.05, 0) is 48.4 Å². The summed E-state index contributed by atoms with van der Waals surface area (Å²) in [5, 5.41) is 3.51. The molecular weight excluding hydrogens is 344 g/mol. The Balaban J connectivity index is 1.73. The van der Waals surface area contributed by atoms with Crippen molar-refractivity contribution in [3.05, 3.63) is 107 Å². The van der Waals surface area contributed by atoms with Crippen molar-refractivity contribution in [2.45, 2.75) is 38.3 Å². The Morgan fingerprint density at radius 1 is 0.857 bits per heavy atom. The second-order valence-electron chi connectivity index (χ2n) is 7.19. The van der Waals surface area contributed by atoms with Crippen LogP contribution in [0.5, 0.6) is 0 Å². The third-order valence-electron chi connectivity index (χ3n) is 5.18. The second-order valence-corrected chi connectivity index (χ2v) is 7.19. The smallest absolute Gasteiger partial charge is 0.234 e. The largest absolute Gasteiger partial charge is 0.368 e. The minimum atomic E-state index is -0.380. The molecule has 0 fully saturated rings. The van der Waals surface area contributed by atoms with Crippen molar-refractivity contribution in [1.29, 1.82) is 0 Å². The van der Waals surface area contributed by atoms with Crippen LogP contribution in [-0.2, 0) is 11.2 Å². The van der Waals surface area contributed by atoms with Crippen molar-refractivity contribution in [1.82, 2.24) is 5.32 Å². The lowest BCUT2D eigenvalue weighted by Gasteiger charge is -2.25. The Bertz CT molecular complexity index is 838. The summed E-state index contributed by atoms with van der Waals surface area (Å²) in [6.07, 6.45) is 2.56. The average Bonchev–Trinajstić information content (AvgIpc) is 2.73. The highest BCUT2D eigenvalue weighted by atomic mass is 16.1. The van der Waals surface area contributed by atoms with E-state index < -0.39 is 0 Å². The Labute approximate surface area is 167 Å². The van der Waals surface area contributed by atoms with Crippen molar-refractivity contribution >= 4 is 5.91 Å². The first-order valence-corrected chi connectivity index (χ1v) is 9.85. The molecule has 3 heteroatoms. The highest BCUT2D eigenvalue weighted by Gasteiger charge is 2.22. The van der Waals surface area contributed by atoms with Gasteiger partial charge >= 0.3 is 0 Å². The molecule has 0 aliphatic carbocycles. The summed E-state index contributed by atoms with van der Waals surface area (Å²) in [6.45, 7) is 2.12. The number of amides is 1. The molecule has 0 heterocycles. The van der Waals surface area contributed by atoms with Crippen molar-refractivity contribution < 1.29 is 4.79 Å². The molecule has 3 nitrogen and oxygen atoms in total. The maximum absolute atomic E-state index is 12.2. The fourth-order valence-corrected chi connectivity index (χ4v) is 3.57. The van der Waals surface area contributed by atoms with Gasteiger partial charge in [-0.1, -0.05) is 84.9 Å². The summed E-state index contributed by atoms with van der Waals surface area (Å²) < 4.78 is 0. The van der Waals surface area contributed by atoms with E-state index in [0.29, 0.717) is 6.42 Å². The Kier molecular flexibility index (Phi) is 6.99. The first kappa shape index (κ1) is 19.8. The Hall–Kier alpha value is -2.91. The van der Waals surface area contributed by atoms with E-state index in [2.05, 4.69) is 60.8 Å². The molecule has 144 valence electrons. The SMILES string of the molecule is Cc1ccccc1CCCC(NC(c1ccccc1)c1ccccc1)C(N)=O. The number of carbonyl (C=O) groups excluding carboxylic acids is 1. The maximum atomic E-state index is 12.2. The molecule has 0 aliphatic rings. The number of benzene rings is 3. The Morgan fingerprint density at radius 3 is 1.93 bits per heavy atom. The van der Waals surface area contributed by atoms with Crippen molar-refractivity contribution in [2.75, 3.05) is 0 Å². The zero-order valence-corrected chi connectivity index (χ0v) is 16.3. The molecule has 3 aromatic rings. The summed E-state index contributed by atoms with van der Waals surface area (Å²) >= 11 is 0. The van der Waals surface area contributed by atoms with Crippen LogP contribution >= 0.6 is 0 Å². The fourth-order valence-electron chi connectivity index (χ4n) is 3.57. The van der Waals surface area contributed by atoms with E-state index in [1.165, 1.54) is 11.1 Å². The molecule has 28 heavy (non-hydrogen) atoms. The Morgan fingerprint density at radius 2 is 1.39 bits per heavy atom. The number of carbonyl (C=O) groups is 1. The minimum absolute atomic E-state index is 0.0710. The number of hydrogen-bond donors (Lipinski definition) is 2. The highest BCUT2D eigenvalue weighted by molar-refractivity contribution is 5.80. The first-order valence-electron chi connectivity index (χ1n) is 9.85. The van der Waals surface area contributed by atoms with Gasteiger partial charge in [0.25, 0.3) is 0 Å². The predicted molar refractivity (Wildman–Crippen MR) is 115 cm³/mol. The summed E-state index contributed by atoms with van der Waals surface area (Å²) in [5.74, 6) is -0.304. The summed E-state index contributed by atoms with van der Waals surface area (Å²) in [5.41, 5.74) is 10.6. The van der Waals surface area contributed by atoms with Gasteiger partial charge in [0.2, 0.25) is 5.91 Å². The van der Waals surface area contributed by atoms with Crippen LogP contribution in [0, 0.1) is 6.92 Å². The molecule has 0 spiro atoms. The van der Waals surface area contributed by atoms with Crippen LogP contribution in [0.2, 0.25) is 0 Å². The van der Waals surface area contributed by atoms with Gasteiger partial charge in [-0.3, -0.25) is 10.1 Å². The van der Waals surface area contributed by atoms with Crippen LogP contribution in [0.25, 0.3) is 0 Å². The fraction of sp³-hybridized carbons (Fsp3) is 0.240. The van der Waals surface area contributed by atoms with Gasteiger partial charge in [-0.15, -0.1) is 0 Å². The standard InChI is InChI=1S/C25H28N2O/c1-19-11-8-9-12-20(19)17-10-18-23(25(26)28)27-24(21-13-4-2-5-14-21)22-15-6-3-7-16-22/h2-9,11-16,23-24,27H,10,17-18H2,1H3,(H2,26,28). The molecule has 0 bridgehead atoms. The molecule has 0 radical (unpaired) electrons. The van der Waals surface area contributed by atoms with Crippen LogP contribution in [0.1, 0.15) is 41.1 Å². The lowest BCUT2D eigenvalue weighted by atomic mass is 9.96. The summed E-state index contributed by atoms with van der Waals surface area (Å²) in [4.78, 5) is 12.2. The average molecular weight is 373 g/mol. The van der Waals surface area contributed by atoms with E-state index in [4.69, 9.17) is 5.73 Å². The van der Waals surface area contributed by atoms with Crippen molar-refractivity contribution in [3.63, 3.8) is 0 Å². The predicted octanol–water partition coefficient (Wildman–Crippen LogP) is 4.55. The normalized spacial score (nSPS) is 12.1. The molecular formula is C25H28N2O. The molecule has 3 N–H and O–H groups in total. The lowest BCUT2D eigenvalue weighted by molar-refractivity contribution is -0.120. The summed E-state index contributed by atoms with van der Waals surface area (Å²) in [7, 11) is 0. The molecule has 0 saturated heterocycles. The number of rotatable bonds is 9. The molecule has 1 atom stereocenters. The number of nitrogens with two attached hydrogens (primary N) is 1. The van der Waals surface area contributed by atoms with E-state index >= 15 is 0 Å². The van der Waals surface area contributed by atoms with Gasteiger partial charge in [0, 0.05) is 0 Å². The van der Waals surface area contributed by atoms with E-state index in [-0.39, 0.29) is 18.0 Å². The third-order valence-corrected chi connectivity index (χ3v) is 5.18. The number of hydrogen-bond acceptors (Lipinski definition) is 2. The third kappa shape index (κ3) is 5.30. The monoisotopic (exact) mass is 372 g/mol. The van der Waals surface area contributed by atoms with Gasteiger partial charge in [0.15, 0.2) is 0 Å². The molecule has 0 aliphatic heterocycles. The molecule has 3 rings (SSSR count). The number of nitrogens with one attached hydrogen (secondary N) is 1. The highest BCUT2D eigenvalue weighted by Crippen LogP contribution is 2.23. The first-order chi connectivity index (χ1) is 13.6. The van der Waals surface area contributed by atoms with Crippen LogP contribution in [0.4, 0.5) is 0 Å². The number of primary amides is 1. The van der Waals surface area contributed by atoms with E-state index in [1.807, 2.05) is 36.4 Å². The number of aryl methyl sites for hydroxylation is 2. The van der Waals surface area contributed by atoms with Crippen molar-refractivity contribution in [3.8, 4) is 0 Å². The van der Waals surface area contributed by atoms with E-state index in [1.54, 1.807) is 0 Å². The molecule has 0 saturated carbocycles. The van der Waals surface area contributed by atoms with E-state index in [9.17, 15) is 4.79 Å². The molecule has 3 aromatic carbocycles. The molecule has 1 unspecified atom stereocenters.